The molecule has 1 heterocycles. The first kappa shape index (κ1) is 13.9. The molecule has 19 heavy (non-hydrogen) atoms. The van der Waals surface area contributed by atoms with Gasteiger partial charge in [-0.2, -0.15) is 5.10 Å². The standard InChI is InChI=1S/C15H19ClN2O/c1-4-12-7-6-8-13(9-12)19-10-14-15(16)11(3)17-18(14)5-2/h6-9H,4-5,10H2,1-3H3. The molecule has 0 aliphatic heterocycles. The molecule has 1 aromatic heterocycles. The second kappa shape index (κ2) is 6.11. The van der Waals surface area contributed by atoms with Crippen molar-refractivity contribution in [2.75, 3.05) is 0 Å². The largest absolute Gasteiger partial charge is 0.487 e. The number of hydrogen-bond donors (Lipinski definition) is 0. The lowest BCUT2D eigenvalue weighted by Gasteiger charge is -2.09. The number of aromatic nitrogens is 2. The summed E-state index contributed by atoms with van der Waals surface area (Å²) in [4.78, 5) is 0. The predicted octanol–water partition coefficient (Wildman–Crippen LogP) is 4.01. The van der Waals surface area contributed by atoms with Gasteiger partial charge >= 0.3 is 0 Å². The molecule has 0 saturated carbocycles. The molecule has 2 rings (SSSR count). The minimum atomic E-state index is 0.445. The first-order valence-corrected chi connectivity index (χ1v) is 6.97. The molecule has 0 aliphatic rings. The van der Waals surface area contributed by atoms with Crippen molar-refractivity contribution >= 4 is 11.6 Å². The van der Waals surface area contributed by atoms with Crippen molar-refractivity contribution < 1.29 is 4.74 Å². The van der Waals surface area contributed by atoms with Crippen molar-refractivity contribution in [1.82, 2.24) is 9.78 Å². The van der Waals surface area contributed by atoms with E-state index < -0.39 is 0 Å². The molecule has 0 saturated heterocycles. The molecule has 0 N–H and O–H groups in total. The minimum absolute atomic E-state index is 0.445. The quantitative estimate of drug-likeness (QED) is 0.826. The van der Waals surface area contributed by atoms with E-state index in [1.807, 2.05) is 30.7 Å². The number of ether oxygens (including phenoxy) is 1. The van der Waals surface area contributed by atoms with Gasteiger partial charge in [-0.3, -0.25) is 4.68 Å². The van der Waals surface area contributed by atoms with E-state index in [4.69, 9.17) is 16.3 Å². The van der Waals surface area contributed by atoms with Crippen LogP contribution >= 0.6 is 11.6 Å². The third kappa shape index (κ3) is 3.10. The van der Waals surface area contributed by atoms with Crippen LogP contribution in [0, 0.1) is 6.92 Å². The van der Waals surface area contributed by atoms with Gasteiger partial charge in [0.2, 0.25) is 0 Å². The molecular formula is C15H19ClN2O. The van der Waals surface area contributed by atoms with E-state index in [1.54, 1.807) is 0 Å². The number of rotatable bonds is 5. The van der Waals surface area contributed by atoms with E-state index in [2.05, 4.69) is 24.2 Å². The predicted molar refractivity (Wildman–Crippen MR) is 77.8 cm³/mol. The Labute approximate surface area is 119 Å². The third-order valence-corrected chi connectivity index (χ3v) is 3.63. The maximum Gasteiger partial charge on any atom is 0.131 e. The fourth-order valence-electron chi connectivity index (χ4n) is 2.01. The SMILES string of the molecule is CCc1cccc(OCc2c(Cl)c(C)nn2CC)c1. The van der Waals surface area contributed by atoms with Gasteiger partial charge < -0.3 is 4.74 Å². The Hall–Kier alpha value is -1.48. The normalized spacial score (nSPS) is 10.7. The molecule has 3 nitrogen and oxygen atoms in total. The van der Waals surface area contributed by atoms with E-state index in [9.17, 15) is 0 Å². The fourth-order valence-corrected chi connectivity index (χ4v) is 2.20. The fraction of sp³-hybridized carbons (Fsp3) is 0.400. The van der Waals surface area contributed by atoms with Crippen molar-refractivity contribution in [2.45, 2.75) is 40.3 Å². The number of halogens is 1. The number of aryl methyl sites for hydroxylation is 3. The van der Waals surface area contributed by atoms with Gasteiger partial charge in [-0.05, 0) is 38.0 Å². The zero-order valence-electron chi connectivity index (χ0n) is 11.6. The topological polar surface area (TPSA) is 27.1 Å². The van der Waals surface area contributed by atoms with E-state index in [1.165, 1.54) is 5.56 Å². The molecule has 0 unspecified atom stereocenters. The third-order valence-electron chi connectivity index (χ3n) is 3.14. The molecule has 2 aromatic rings. The molecule has 0 radical (unpaired) electrons. The Morgan fingerprint density at radius 3 is 2.79 bits per heavy atom. The number of benzene rings is 1. The summed E-state index contributed by atoms with van der Waals surface area (Å²) < 4.78 is 7.72. The summed E-state index contributed by atoms with van der Waals surface area (Å²) in [6, 6.07) is 8.14. The Bertz CT molecular complexity index is 563. The van der Waals surface area contributed by atoms with Gasteiger partial charge in [0.05, 0.1) is 16.4 Å². The zero-order chi connectivity index (χ0) is 13.8. The summed E-state index contributed by atoms with van der Waals surface area (Å²) in [6.07, 6.45) is 1.00. The first-order valence-electron chi connectivity index (χ1n) is 6.59. The summed E-state index contributed by atoms with van der Waals surface area (Å²) >= 11 is 6.25. The monoisotopic (exact) mass is 278 g/mol. The number of hydrogen-bond acceptors (Lipinski definition) is 2. The van der Waals surface area contributed by atoms with Crippen molar-refractivity contribution in [3.05, 3.63) is 46.2 Å². The smallest absolute Gasteiger partial charge is 0.131 e. The Morgan fingerprint density at radius 2 is 2.11 bits per heavy atom. The van der Waals surface area contributed by atoms with E-state index in [-0.39, 0.29) is 0 Å². The molecule has 1 aromatic carbocycles. The summed E-state index contributed by atoms with van der Waals surface area (Å²) in [5.74, 6) is 0.872. The average Bonchev–Trinajstić information content (AvgIpc) is 2.72. The van der Waals surface area contributed by atoms with Gasteiger partial charge in [-0.25, -0.2) is 0 Å². The Morgan fingerprint density at radius 1 is 1.32 bits per heavy atom. The van der Waals surface area contributed by atoms with E-state index in [0.717, 1.165) is 30.1 Å². The highest BCUT2D eigenvalue weighted by atomic mass is 35.5. The van der Waals surface area contributed by atoms with Crippen molar-refractivity contribution in [3.63, 3.8) is 0 Å². The lowest BCUT2D eigenvalue weighted by molar-refractivity contribution is 0.292. The maximum atomic E-state index is 6.25. The summed E-state index contributed by atoms with van der Waals surface area (Å²) in [7, 11) is 0. The highest BCUT2D eigenvalue weighted by Crippen LogP contribution is 2.22. The van der Waals surface area contributed by atoms with Gasteiger partial charge in [0.15, 0.2) is 0 Å². The van der Waals surface area contributed by atoms with Gasteiger partial charge in [0.25, 0.3) is 0 Å². The van der Waals surface area contributed by atoms with Crippen LogP contribution < -0.4 is 4.74 Å². The molecule has 4 heteroatoms. The van der Waals surface area contributed by atoms with Crippen LogP contribution in [0.25, 0.3) is 0 Å². The molecule has 0 atom stereocenters. The van der Waals surface area contributed by atoms with Gasteiger partial charge in [-0.15, -0.1) is 0 Å². The molecule has 102 valence electrons. The van der Waals surface area contributed by atoms with Gasteiger partial charge in [0.1, 0.15) is 12.4 Å². The second-order valence-corrected chi connectivity index (χ2v) is 4.83. The van der Waals surface area contributed by atoms with E-state index in [0.29, 0.717) is 11.6 Å². The lowest BCUT2D eigenvalue weighted by Crippen LogP contribution is -2.06. The number of nitrogens with zero attached hydrogens (tertiary/aromatic N) is 2. The summed E-state index contributed by atoms with van der Waals surface area (Å²) in [5.41, 5.74) is 3.05. The van der Waals surface area contributed by atoms with Crippen LogP contribution in [0.15, 0.2) is 24.3 Å². The van der Waals surface area contributed by atoms with Crippen molar-refractivity contribution in [2.24, 2.45) is 0 Å². The summed E-state index contributed by atoms with van der Waals surface area (Å²) in [5, 5.41) is 5.08. The summed E-state index contributed by atoms with van der Waals surface area (Å²) in [6.45, 7) is 7.33. The highest BCUT2D eigenvalue weighted by molar-refractivity contribution is 6.31. The van der Waals surface area contributed by atoms with Crippen LogP contribution in [-0.4, -0.2) is 9.78 Å². The van der Waals surface area contributed by atoms with Crippen molar-refractivity contribution in [3.8, 4) is 5.75 Å². The Balaban J connectivity index is 2.14. The maximum absolute atomic E-state index is 6.25. The molecule has 0 aliphatic carbocycles. The van der Waals surface area contributed by atoms with Crippen LogP contribution in [-0.2, 0) is 19.6 Å². The average molecular weight is 279 g/mol. The van der Waals surface area contributed by atoms with Crippen LogP contribution in [0.1, 0.15) is 30.8 Å². The van der Waals surface area contributed by atoms with Crippen LogP contribution in [0.4, 0.5) is 0 Å². The second-order valence-electron chi connectivity index (χ2n) is 4.45. The van der Waals surface area contributed by atoms with Crippen LogP contribution in [0.3, 0.4) is 0 Å². The lowest BCUT2D eigenvalue weighted by atomic mass is 10.2. The molecule has 0 amide bonds. The first-order chi connectivity index (χ1) is 9.15. The minimum Gasteiger partial charge on any atom is -0.487 e. The van der Waals surface area contributed by atoms with Gasteiger partial charge in [-0.1, -0.05) is 30.7 Å². The Kier molecular flexibility index (Phi) is 4.48. The van der Waals surface area contributed by atoms with Crippen LogP contribution in [0.2, 0.25) is 5.02 Å². The van der Waals surface area contributed by atoms with Crippen molar-refractivity contribution in [1.29, 1.82) is 0 Å². The highest BCUT2D eigenvalue weighted by Gasteiger charge is 2.12. The van der Waals surface area contributed by atoms with Crippen LogP contribution in [0.5, 0.6) is 5.75 Å². The van der Waals surface area contributed by atoms with Gasteiger partial charge in [0, 0.05) is 6.54 Å². The zero-order valence-corrected chi connectivity index (χ0v) is 12.4. The molecule has 0 fully saturated rings. The molecule has 0 bridgehead atoms. The van der Waals surface area contributed by atoms with E-state index >= 15 is 0 Å². The molecule has 0 spiro atoms. The molecular weight excluding hydrogens is 260 g/mol.